The van der Waals surface area contributed by atoms with Gasteiger partial charge in [0.15, 0.2) is 0 Å². The van der Waals surface area contributed by atoms with Crippen LogP contribution in [0.15, 0.2) is 35.1 Å². The van der Waals surface area contributed by atoms with Crippen LogP contribution in [0.3, 0.4) is 0 Å². The summed E-state index contributed by atoms with van der Waals surface area (Å²) in [6.45, 7) is 3.81. The Morgan fingerprint density at radius 1 is 1.00 bits per heavy atom. The summed E-state index contributed by atoms with van der Waals surface area (Å²) in [4.78, 5) is 16.2. The van der Waals surface area contributed by atoms with Crippen LogP contribution in [0.25, 0.3) is 22.3 Å². The highest BCUT2D eigenvalue weighted by Crippen LogP contribution is 2.39. The van der Waals surface area contributed by atoms with Crippen molar-refractivity contribution in [3.8, 4) is 11.4 Å². The Labute approximate surface area is 180 Å². The van der Waals surface area contributed by atoms with Crippen molar-refractivity contribution in [3.63, 3.8) is 0 Å². The third-order valence-electron chi connectivity index (χ3n) is 6.57. The van der Waals surface area contributed by atoms with Gasteiger partial charge in [0.1, 0.15) is 0 Å². The molecule has 0 N–H and O–H groups in total. The standard InChI is InChI=1S/C23H25N7O/c1-14-19-6-5-17(11-20(19)29(2)27-14)21-26-22(31-28-21)16-7-9-30(10-8-16)23-24-12-18(13-25-23)15-3-4-15/h5-6,11-13,15-16H,3-4,7-10H2,1-2H3. The number of anilines is 1. The lowest BCUT2D eigenvalue weighted by Crippen LogP contribution is -2.34. The number of hydrogen-bond donors (Lipinski definition) is 0. The van der Waals surface area contributed by atoms with E-state index in [1.54, 1.807) is 0 Å². The van der Waals surface area contributed by atoms with E-state index < -0.39 is 0 Å². The topological polar surface area (TPSA) is 85.8 Å². The number of piperidine rings is 1. The summed E-state index contributed by atoms with van der Waals surface area (Å²) in [5.41, 5.74) is 4.32. The van der Waals surface area contributed by atoms with E-state index in [-0.39, 0.29) is 5.92 Å². The lowest BCUT2D eigenvalue weighted by atomic mass is 9.97. The molecule has 158 valence electrons. The summed E-state index contributed by atoms with van der Waals surface area (Å²) in [6, 6.07) is 6.20. The quantitative estimate of drug-likeness (QED) is 0.498. The van der Waals surface area contributed by atoms with Crippen molar-refractivity contribution in [1.82, 2.24) is 29.9 Å². The van der Waals surface area contributed by atoms with Crippen molar-refractivity contribution < 1.29 is 4.52 Å². The third-order valence-corrected chi connectivity index (χ3v) is 6.57. The number of hydrogen-bond acceptors (Lipinski definition) is 7. The van der Waals surface area contributed by atoms with Crippen molar-refractivity contribution in [1.29, 1.82) is 0 Å². The molecule has 31 heavy (non-hydrogen) atoms. The maximum atomic E-state index is 5.66. The molecule has 0 amide bonds. The van der Waals surface area contributed by atoms with E-state index >= 15 is 0 Å². The van der Waals surface area contributed by atoms with Gasteiger partial charge in [-0.1, -0.05) is 17.3 Å². The maximum absolute atomic E-state index is 5.66. The van der Waals surface area contributed by atoms with E-state index in [1.165, 1.54) is 18.4 Å². The molecule has 2 aliphatic rings. The van der Waals surface area contributed by atoms with Crippen LogP contribution in [-0.2, 0) is 7.05 Å². The number of nitrogens with zero attached hydrogens (tertiary/aromatic N) is 7. The molecule has 1 aliphatic carbocycles. The van der Waals surface area contributed by atoms with Crippen LogP contribution in [0.2, 0.25) is 0 Å². The molecule has 3 aromatic heterocycles. The van der Waals surface area contributed by atoms with Gasteiger partial charge in [-0.15, -0.1) is 0 Å². The van der Waals surface area contributed by atoms with Crippen molar-refractivity contribution in [2.24, 2.45) is 7.05 Å². The summed E-state index contributed by atoms with van der Waals surface area (Å²) in [6.07, 6.45) is 8.45. The monoisotopic (exact) mass is 415 g/mol. The zero-order valence-electron chi connectivity index (χ0n) is 17.8. The predicted molar refractivity (Wildman–Crippen MR) is 117 cm³/mol. The highest BCUT2D eigenvalue weighted by molar-refractivity contribution is 5.85. The van der Waals surface area contributed by atoms with Gasteiger partial charge in [0, 0.05) is 49.4 Å². The number of aryl methyl sites for hydroxylation is 2. The zero-order valence-corrected chi connectivity index (χ0v) is 17.8. The van der Waals surface area contributed by atoms with Gasteiger partial charge in [-0.3, -0.25) is 4.68 Å². The molecule has 1 saturated carbocycles. The number of rotatable bonds is 4. The molecule has 4 aromatic rings. The number of aromatic nitrogens is 6. The molecule has 2 fully saturated rings. The second-order valence-electron chi connectivity index (χ2n) is 8.75. The Morgan fingerprint density at radius 2 is 1.77 bits per heavy atom. The zero-order chi connectivity index (χ0) is 20.9. The van der Waals surface area contributed by atoms with Crippen molar-refractivity contribution in [2.75, 3.05) is 18.0 Å². The van der Waals surface area contributed by atoms with Crippen LogP contribution in [0, 0.1) is 6.92 Å². The van der Waals surface area contributed by atoms with Gasteiger partial charge in [-0.25, -0.2) is 9.97 Å². The van der Waals surface area contributed by atoms with Crippen molar-refractivity contribution >= 4 is 16.9 Å². The fraction of sp³-hybridized carbons (Fsp3) is 0.435. The lowest BCUT2D eigenvalue weighted by Gasteiger charge is -2.30. The molecule has 8 heteroatoms. The molecule has 0 bridgehead atoms. The fourth-order valence-electron chi connectivity index (χ4n) is 4.54. The molecule has 0 unspecified atom stereocenters. The molecular formula is C23H25N7O. The normalized spacial score (nSPS) is 17.5. The first-order chi connectivity index (χ1) is 15.2. The molecule has 8 nitrogen and oxygen atoms in total. The van der Waals surface area contributed by atoms with Crippen LogP contribution in [0.1, 0.15) is 54.7 Å². The van der Waals surface area contributed by atoms with Crippen LogP contribution < -0.4 is 4.90 Å². The van der Waals surface area contributed by atoms with Gasteiger partial charge in [0.25, 0.3) is 0 Å². The first-order valence-electron chi connectivity index (χ1n) is 11.0. The SMILES string of the molecule is Cc1nn(C)c2cc(-c3noc(C4CCN(c5ncc(C6CC6)cn5)CC4)n3)ccc12. The molecule has 0 radical (unpaired) electrons. The van der Waals surface area contributed by atoms with Gasteiger partial charge in [-0.2, -0.15) is 10.1 Å². The summed E-state index contributed by atoms with van der Waals surface area (Å²) in [5.74, 6) is 3.15. The maximum Gasteiger partial charge on any atom is 0.230 e. The molecule has 0 atom stereocenters. The molecule has 1 saturated heterocycles. The summed E-state index contributed by atoms with van der Waals surface area (Å²) < 4.78 is 7.56. The van der Waals surface area contributed by atoms with E-state index in [1.807, 2.05) is 37.1 Å². The van der Waals surface area contributed by atoms with Crippen LogP contribution >= 0.6 is 0 Å². The van der Waals surface area contributed by atoms with Crippen LogP contribution in [-0.4, -0.2) is 43.0 Å². The van der Waals surface area contributed by atoms with Gasteiger partial charge < -0.3 is 9.42 Å². The van der Waals surface area contributed by atoms with Gasteiger partial charge in [-0.05, 0) is 50.2 Å². The Kier molecular flexibility index (Phi) is 4.26. The van der Waals surface area contributed by atoms with Crippen molar-refractivity contribution in [3.05, 3.63) is 47.7 Å². The highest BCUT2D eigenvalue weighted by Gasteiger charge is 2.28. The minimum absolute atomic E-state index is 0.269. The van der Waals surface area contributed by atoms with E-state index in [0.717, 1.165) is 59.9 Å². The molecule has 4 heterocycles. The predicted octanol–water partition coefficient (Wildman–Crippen LogP) is 3.98. The molecule has 1 aromatic carbocycles. The minimum atomic E-state index is 0.269. The number of benzene rings is 1. The molecule has 1 aliphatic heterocycles. The Hall–Kier alpha value is -3.29. The first kappa shape index (κ1) is 18.5. The van der Waals surface area contributed by atoms with Crippen LogP contribution in [0.5, 0.6) is 0 Å². The summed E-state index contributed by atoms with van der Waals surface area (Å²) >= 11 is 0. The third kappa shape index (κ3) is 3.36. The molecule has 6 rings (SSSR count). The molecule has 0 spiro atoms. The number of fused-ring (bicyclic) bond motifs is 1. The van der Waals surface area contributed by atoms with E-state index in [0.29, 0.717) is 11.7 Å². The Balaban J connectivity index is 1.15. The fourth-order valence-corrected chi connectivity index (χ4v) is 4.54. The molecular weight excluding hydrogens is 390 g/mol. The summed E-state index contributed by atoms with van der Waals surface area (Å²) in [7, 11) is 1.96. The highest BCUT2D eigenvalue weighted by atomic mass is 16.5. The smallest absolute Gasteiger partial charge is 0.230 e. The van der Waals surface area contributed by atoms with E-state index in [9.17, 15) is 0 Å². The van der Waals surface area contributed by atoms with Gasteiger partial charge in [0.2, 0.25) is 17.7 Å². The van der Waals surface area contributed by atoms with Gasteiger partial charge >= 0.3 is 0 Å². The van der Waals surface area contributed by atoms with Crippen molar-refractivity contribution in [2.45, 2.75) is 44.4 Å². The average molecular weight is 416 g/mol. The lowest BCUT2D eigenvalue weighted by molar-refractivity contribution is 0.329. The van der Waals surface area contributed by atoms with E-state index in [2.05, 4.69) is 37.3 Å². The second-order valence-corrected chi connectivity index (χ2v) is 8.75. The summed E-state index contributed by atoms with van der Waals surface area (Å²) in [5, 5.41) is 9.90. The minimum Gasteiger partial charge on any atom is -0.341 e. The Morgan fingerprint density at radius 3 is 2.52 bits per heavy atom. The Bertz CT molecular complexity index is 1230. The van der Waals surface area contributed by atoms with E-state index in [4.69, 9.17) is 9.51 Å². The van der Waals surface area contributed by atoms with Crippen LogP contribution in [0.4, 0.5) is 5.95 Å². The van der Waals surface area contributed by atoms with Gasteiger partial charge in [0.05, 0.1) is 11.2 Å². The first-order valence-corrected chi connectivity index (χ1v) is 11.0. The second kappa shape index (κ2) is 7.14. The largest absolute Gasteiger partial charge is 0.341 e. The average Bonchev–Trinajstić information content (AvgIpc) is 3.47.